The van der Waals surface area contributed by atoms with Crippen LogP contribution in [0.5, 0.6) is 11.5 Å². The van der Waals surface area contributed by atoms with Gasteiger partial charge in [0.25, 0.3) is 0 Å². The minimum Gasteiger partial charge on any atom is -0.493 e. The van der Waals surface area contributed by atoms with Gasteiger partial charge in [-0.2, -0.15) is 0 Å². The lowest BCUT2D eigenvalue weighted by atomic mass is 10.2. The van der Waals surface area contributed by atoms with Gasteiger partial charge in [-0.3, -0.25) is 4.79 Å². The number of anilines is 1. The first-order valence-corrected chi connectivity index (χ1v) is 9.58. The average molecular weight is 393 g/mol. The van der Waals surface area contributed by atoms with Crippen LogP contribution in [0.15, 0.2) is 54.0 Å². The smallest absolute Gasteiger partial charge is 0.230 e. The van der Waals surface area contributed by atoms with E-state index in [9.17, 15) is 4.79 Å². The van der Waals surface area contributed by atoms with E-state index in [1.165, 1.54) is 11.3 Å². The molecule has 0 radical (unpaired) electrons. The highest BCUT2D eigenvalue weighted by atomic mass is 32.1. The van der Waals surface area contributed by atoms with Crippen LogP contribution in [0, 0.1) is 0 Å². The van der Waals surface area contributed by atoms with Crippen molar-refractivity contribution >= 4 is 33.8 Å². The molecule has 0 atom stereocenters. The Morgan fingerprint density at radius 1 is 1.14 bits per heavy atom. The normalized spacial score (nSPS) is 10.8. The van der Waals surface area contributed by atoms with E-state index in [0.29, 0.717) is 11.5 Å². The van der Waals surface area contributed by atoms with Crippen LogP contribution in [0.25, 0.3) is 21.5 Å². The van der Waals surface area contributed by atoms with Crippen molar-refractivity contribution in [2.45, 2.75) is 6.42 Å². The number of H-pyrrole nitrogens is 1. The Morgan fingerprint density at radius 2 is 2.00 bits per heavy atom. The highest BCUT2D eigenvalue weighted by Gasteiger charge is 2.13. The fraction of sp³-hybridized carbons (Fsp3) is 0.143. The Morgan fingerprint density at radius 3 is 2.82 bits per heavy atom. The first-order valence-electron chi connectivity index (χ1n) is 8.70. The quantitative estimate of drug-likeness (QED) is 0.506. The molecule has 6 nitrogen and oxygen atoms in total. The molecule has 2 N–H and O–H groups in total. The van der Waals surface area contributed by atoms with Crippen LogP contribution >= 0.6 is 11.3 Å². The molecule has 0 spiro atoms. The van der Waals surface area contributed by atoms with Crippen molar-refractivity contribution in [3.05, 3.63) is 59.7 Å². The molecule has 4 rings (SSSR count). The minimum atomic E-state index is -0.0992. The number of rotatable bonds is 6. The van der Waals surface area contributed by atoms with Crippen molar-refractivity contribution in [1.29, 1.82) is 0 Å². The lowest BCUT2D eigenvalue weighted by molar-refractivity contribution is -0.115. The van der Waals surface area contributed by atoms with Crippen LogP contribution in [-0.4, -0.2) is 30.1 Å². The van der Waals surface area contributed by atoms with Crippen molar-refractivity contribution in [2.75, 3.05) is 19.5 Å². The number of carbonyl (C=O) groups excluding carboxylic acids is 1. The summed E-state index contributed by atoms with van der Waals surface area (Å²) in [5, 5.41) is 6.69. The number of amides is 1. The minimum absolute atomic E-state index is 0.0992. The Bertz CT molecular complexity index is 1130. The lowest BCUT2D eigenvalue weighted by Gasteiger charge is -2.08. The number of nitrogens with one attached hydrogen (secondary N) is 2. The highest BCUT2D eigenvalue weighted by molar-refractivity contribution is 7.13. The van der Waals surface area contributed by atoms with Crippen molar-refractivity contribution in [3.8, 4) is 22.1 Å². The van der Waals surface area contributed by atoms with E-state index in [-0.39, 0.29) is 12.3 Å². The third-order valence-electron chi connectivity index (χ3n) is 4.39. The summed E-state index contributed by atoms with van der Waals surface area (Å²) in [5.41, 5.74) is 3.43. The molecule has 1 amide bonds. The molecule has 0 aliphatic rings. The molecule has 2 heterocycles. The number of aromatic nitrogens is 2. The second kappa shape index (κ2) is 7.74. The summed E-state index contributed by atoms with van der Waals surface area (Å²) in [6.45, 7) is 0. The van der Waals surface area contributed by atoms with Gasteiger partial charge in [0.15, 0.2) is 11.5 Å². The van der Waals surface area contributed by atoms with Crippen LogP contribution in [-0.2, 0) is 11.2 Å². The van der Waals surface area contributed by atoms with Gasteiger partial charge in [0.2, 0.25) is 5.91 Å². The van der Waals surface area contributed by atoms with E-state index in [2.05, 4.69) is 15.3 Å². The van der Waals surface area contributed by atoms with E-state index in [1.807, 2.05) is 54.0 Å². The summed E-state index contributed by atoms with van der Waals surface area (Å²) in [4.78, 5) is 20.2. The van der Waals surface area contributed by atoms with E-state index in [0.717, 1.165) is 32.9 Å². The number of fused-ring (bicyclic) bond motifs is 1. The van der Waals surface area contributed by atoms with Gasteiger partial charge >= 0.3 is 0 Å². The molecule has 0 fully saturated rings. The highest BCUT2D eigenvalue weighted by Crippen LogP contribution is 2.33. The van der Waals surface area contributed by atoms with Gasteiger partial charge in [-0.1, -0.05) is 6.07 Å². The molecule has 7 heteroatoms. The van der Waals surface area contributed by atoms with Crippen LogP contribution in [0.1, 0.15) is 5.69 Å². The first-order chi connectivity index (χ1) is 13.7. The third kappa shape index (κ3) is 3.57. The maximum atomic E-state index is 12.5. The van der Waals surface area contributed by atoms with Crippen molar-refractivity contribution in [1.82, 2.24) is 9.97 Å². The largest absolute Gasteiger partial charge is 0.493 e. The number of ether oxygens (including phenoxy) is 2. The standard InChI is InChI=1S/C21H19N3O3S/c1-26-18-7-6-13(10-19(18)27-2)21-23-14(12-28-21)11-20(25)24-17-5-3-4-16-15(17)8-9-22-16/h3-10,12,22H,11H2,1-2H3,(H,24,25). The molecule has 28 heavy (non-hydrogen) atoms. The van der Waals surface area contributed by atoms with Gasteiger partial charge in [-0.15, -0.1) is 11.3 Å². The van der Waals surface area contributed by atoms with Gasteiger partial charge in [0.1, 0.15) is 5.01 Å². The molecule has 0 unspecified atom stereocenters. The number of benzene rings is 2. The first kappa shape index (κ1) is 18.1. The van der Waals surface area contributed by atoms with Gasteiger partial charge in [0.05, 0.1) is 32.0 Å². The lowest BCUT2D eigenvalue weighted by Crippen LogP contribution is -2.14. The third-order valence-corrected chi connectivity index (χ3v) is 5.33. The summed E-state index contributed by atoms with van der Waals surface area (Å²) in [7, 11) is 3.20. The second-order valence-electron chi connectivity index (χ2n) is 6.18. The topological polar surface area (TPSA) is 76.2 Å². The van der Waals surface area contributed by atoms with Crippen LogP contribution in [0.2, 0.25) is 0 Å². The summed E-state index contributed by atoms with van der Waals surface area (Å²) < 4.78 is 10.6. The number of thiazole rings is 1. The summed E-state index contributed by atoms with van der Waals surface area (Å²) >= 11 is 1.50. The van der Waals surface area contributed by atoms with Crippen molar-refractivity contribution in [3.63, 3.8) is 0 Å². The fourth-order valence-electron chi connectivity index (χ4n) is 3.04. The second-order valence-corrected chi connectivity index (χ2v) is 7.04. The zero-order chi connectivity index (χ0) is 19.5. The molecular weight excluding hydrogens is 374 g/mol. The van der Waals surface area contributed by atoms with Gasteiger partial charge < -0.3 is 19.8 Å². The number of carbonyl (C=O) groups is 1. The van der Waals surface area contributed by atoms with Gasteiger partial charge in [-0.05, 0) is 36.4 Å². The number of hydrogen-bond acceptors (Lipinski definition) is 5. The number of aromatic amines is 1. The maximum absolute atomic E-state index is 12.5. The van der Waals surface area contributed by atoms with Crippen molar-refractivity contribution < 1.29 is 14.3 Å². The fourth-order valence-corrected chi connectivity index (χ4v) is 3.86. The monoisotopic (exact) mass is 393 g/mol. The number of methoxy groups -OCH3 is 2. The zero-order valence-corrected chi connectivity index (χ0v) is 16.3. The van der Waals surface area contributed by atoms with Gasteiger partial charge in [-0.25, -0.2) is 4.98 Å². The van der Waals surface area contributed by atoms with Crippen LogP contribution in [0.3, 0.4) is 0 Å². The van der Waals surface area contributed by atoms with E-state index >= 15 is 0 Å². The Hall–Kier alpha value is -3.32. The maximum Gasteiger partial charge on any atom is 0.230 e. The predicted octanol–water partition coefficient (Wildman–Crippen LogP) is 4.49. The molecule has 4 aromatic rings. The molecule has 0 bridgehead atoms. The summed E-state index contributed by atoms with van der Waals surface area (Å²) in [6.07, 6.45) is 2.07. The molecular formula is C21H19N3O3S. The van der Waals surface area contributed by atoms with E-state index in [4.69, 9.17) is 9.47 Å². The summed E-state index contributed by atoms with van der Waals surface area (Å²) in [5.74, 6) is 1.22. The Kier molecular flexibility index (Phi) is 4.99. The number of hydrogen-bond donors (Lipinski definition) is 2. The molecule has 0 aliphatic heterocycles. The van der Waals surface area contributed by atoms with Crippen LogP contribution in [0.4, 0.5) is 5.69 Å². The number of nitrogens with zero attached hydrogens (tertiary/aromatic N) is 1. The van der Waals surface area contributed by atoms with E-state index in [1.54, 1.807) is 14.2 Å². The SMILES string of the molecule is COc1ccc(-c2nc(CC(=O)Nc3cccc4[nH]ccc34)cs2)cc1OC. The van der Waals surface area contributed by atoms with Crippen LogP contribution < -0.4 is 14.8 Å². The zero-order valence-electron chi connectivity index (χ0n) is 15.5. The molecule has 142 valence electrons. The molecule has 2 aromatic carbocycles. The summed E-state index contributed by atoms with van der Waals surface area (Å²) in [6, 6.07) is 13.4. The molecule has 0 saturated heterocycles. The molecule has 0 saturated carbocycles. The Labute approximate surface area is 166 Å². The van der Waals surface area contributed by atoms with Crippen molar-refractivity contribution in [2.24, 2.45) is 0 Å². The van der Waals surface area contributed by atoms with Gasteiger partial charge in [0, 0.05) is 28.0 Å². The predicted molar refractivity (Wildman–Crippen MR) is 111 cm³/mol. The molecule has 0 aliphatic carbocycles. The Balaban J connectivity index is 1.49. The average Bonchev–Trinajstić information content (AvgIpc) is 3.37. The van der Waals surface area contributed by atoms with E-state index < -0.39 is 0 Å². The molecule has 2 aromatic heterocycles.